The molecule has 3 atom stereocenters. The van der Waals surface area contributed by atoms with Crippen molar-refractivity contribution in [3.8, 4) is 5.75 Å². The Morgan fingerprint density at radius 2 is 1.89 bits per heavy atom. The molecule has 2 heterocycles. The first-order valence-corrected chi connectivity index (χ1v) is 15.3. The Morgan fingerprint density at radius 1 is 1.13 bits per heavy atom. The fraction of sp³-hybridized carbons (Fsp3) is 0.333. The van der Waals surface area contributed by atoms with Crippen LogP contribution in [0, 0.1) is 5.92 Å². The van der Waals surface area contributed by atoms with E-state index in [1.807, 2.05) is 38.2 Å². The molecule has 0 bridgehead atoms. The number of hydrogen-bond donors (Lipinski definition) is 4. The van der Waals surface area contributed by atoms with Crippen LogP contribution in [0.1, 0.15) is 40.1 Å². The molecule has 14 heteroatoms. The van der Waals surface area contributed by atoms with Crippen molar-refractivity contribution in [2.75, 3.05) is 43.1 Å². The number of amides is 3. The normalized spacial score (nSPS) is 16.9. The van der Waals surface area contributed by atoms with E-state index in [2.05, 4.69) is 31.1 Å². The third kappa shape index (κ3) is 8.28. The van der Waals surface area contributed by atoms with E-state index in [0.717, 1.165) is 5.56 Å². The van der Waals surface area contributed by atoms with Gasteiger partial charge >= 0.3 is 0 Å². The number of nitrogens with one attached hydrogen (secondary N) is 2. The Bertz CT molecular complexity index is 1700. The standard InChI is InChI=1S/C33H39N9O5/c1-21-15-42(22(2)19-43)33(46)26-14-25(36-31(44)18-41-20-35-38-39-41)12-13-29(26)47-30(21)17-40(3)16-23-8-10-24(11-9-23)32(45)37-28-7-5-4-6-27(28)34/h4-14,20-22,30,43H,15-19,34H2,1-3H3,(H,36,44)(H,37,45)/t21-,22+,30+/m1/s1. The zero-order valence-electron chi connectivity index (χ0n) is 26.5. The van der Waals surface area contributed by atoms with E-state index in [-0.39, 0.29) is 48.5 Å². The number of carbonyl (C=O) groups excluding carboxylic acids is 3. The minimum Gasteiger partial charge on any atom is -0.488 e. The van der Waals surface area contributed by atoms with Crippen LogP contribution in [0.2, 0.25) is 0 Å². The lowest BCUT2D eigenvalue weighted by Gasteiger charge is -2.38. The molecule has 5 N–H and O–H groups in total. The average Bonchev–Trinajstić information content (AvgIpc) is 3.57. The molecule has 14 nitrogen and oxygen atoms in total. The number of benzene rings is 3. The fourth-order valence-electron chi connectivity index (χ4n) is 5.37. The highest BCUT2D eigenvalue weighted by atomic mass is 16.5. The Balaban J connectivity index is 1.28. The van der Waals surface area contributed by atoms with Crippen molar-refractivity contribution in [1.29, 1.82) is 0 Å². The monoisotopic (exact) mass is 641 g/mol. The number of aliphatic hydroxyl groups excluding tert-OH is 1. The molecule has 0 unspecified atom stereocenters. The Hall–Kier alpha value is -5.34. The van der Waals surface area contributed by atoms with Crippen LogP contribution < -0.4 is 21.1 Å². The number of aliphatic hydroxyl groups is 1. The lowest BCUT2D eigenvalue weighted by atomic mass is 9.99. The highest BCUT2D eigenvalue weighted by Gasteiger charge is 2.33. The topological polar surface area (TPSA) is 181 Å². The van der Waals surface area contributed by atoms with Crippen molar-refractivity contribution in [2.24, 2.45) is 5.92 Å². The van der Waals surface area contributed by atoms with Gasteiger partial charge in [-0.25, -0.2) is 4.68 Å². The van der Waals surface area contributed by atoms with Gasteiger partial charge in [-0.05, 0) is 72.4 Å². The smallest absolute Gasteiger partial charge is 0.258 e. The molecule has 1 aliphatic rings. The van der Waals surface area contributed by atoms with Gasteiger partial charge in [0.25, 0.3) is 11.8 Å². The number of rotatable bonds is 11. The summed E-state index contributed by atoms with van der Waals surface area (Å²) < 4.78 is 7.78. The zero-order chi connectivity index (χ0) is 33.5. The summed E-state index contributed by atoms with van der Waals surface area (Å²) in [4.78, 5) is 42.8. The van der Waals surface area contributed by atoms with Gasteiger partial charge in [0.1, 0.15) is 24.7 Å². The van der Waals surface area contributed by atoms with Crippen molar-refractivity contribution in [1.82, 2.24) is 30.0 Å². The second-order valence-corrected chi connectivity index (χ2v) is 11.8. The van der Waals surface area contributed by atoms with E-state index in [1.54, 1.807) is 54.3 Å². The minimum absolute atomic E-state index is 0.0734. The van der Waals surface area contributed by atoms with Crippen LogP contribution in [0.5, 0.6) is 5.75 Å². The average molecular weight is 642 g/mol. The largest absolute Gasteiger partial charge is 0.488 e. The molecule has 0 saturated heterocycles. The van der Waals surface area contributed by atoms with Crippen molar-refractivity contribution < 1.29 is 24.2 Å². The number of nitrogen functional groups attached to an aromatic ring is 1. The zero-order valence-corrected chi connectivity index (χ0v) is 26.5. The molecule has 1 aromatic heterocycles. The van der Waals surface area contributed by atoms with Gasteiger partial charge in [-0.1, -0.05) is 31.2 Å². The third-order valence-electron chi connectivity index (χ3n) is 8.01. The van der Waals surface area contributed by atoms with Crippen LogP contribution in [-0.4, -0.2) is 91.7 Å². The third-order valence-corrected chi connectivity index (χ3v) is 8.01. The number of para-hydroxylation sites is 2. The molecular formula is C33H39N9O5. The lowest BCUT2D eigenvalue weighted by molar-refractivity contribution is -0.116. The van der Waals surface area contributed by atoms with Crippen molar-refractivity contribution in [3.63, 3.8) is 0 Å². The molecule has 3 aromatic carbocycles. The summed E-state index contributed by atoms with van der Waals surface area (Å²) in [5.74, 6) is -0.584. The number of nitrogens with zero attached hydrogens (tertiary/aromatic N) is 6. The van der Waals surface area contributed by atoms with Gasteiger partial charge in [0.2, 0.25) is 5.91 Å². The van der Waals surface area contributed by atoms with Crippen LogP contribution in [0.3, 0.4) is 0 Å². The van der Waals surface area contributed by atoms with E-state index in [1.165, 1.54) is 11.0 Å². The van der Waals surface area contributed by atoms with Gasteiger partial charge in [0.15, 0.2) is 0 Å². The van der Waals surface area contributed by atoms with Gasteiger partial charge in [-0.2, -0.15) is 0 Å². The summed E-state index contributed by atoms with van der Waals surface area (Å²) in [6.45, 7) is 5.02. The van der Waals surface area contributed by atoms with Crippen LogP contribution >= 0.6 is 0 Å². The second kappa shape index (κ2) is 14.8. The number of aromatic nitrogens is 4. The molecule has 3 amide bonds. The molecule has 246 valence electrons. The number of nitrogens with two attached hydrogens (primary N) is 1. The molecule has 0 aliphatic carbocycles. The van der Waals surface area contributed by atoms with Crippen LogP contribution in [0.25, 0.3) is 0 Å². The van der Waals surface area contributed by atoms with Crippen LogP contribution in [-0.2, 0) is 17.9 Å². The van der Waals surface area contributed by atoms with Crippen molar-refractivity contribution in [2.45, 2.75) is 39.1 Å². The maximum atomic E-state index is 13.7. The SMILES string of the molecule is C[C@@H]1CN([C@@H](C)CO)C(=O)c2cc(NC(=O)Cn3cnnn3)ccc2O[C@H]1CN(C)Cc1ccc(C(=O)Nc2ccccc2N)cc1. The molecule has 1 aliphatic heterocycles. The highest BCUT2D eigenvalue weighted by molar-refractivity contribution is 6.05. The molecule has 4 aromatic rings. The maximum Gasteiger partial charge on any atom is 0.258 e. The minimum atomic E-state index is -0.429. The predicted molar refractivity (Wildman–Crippen MR) is 176 cm³/mol. The van der Waals surface area contributed by atoms with E-state index in [9.17, 15) is 19.5 Å². The molecule has 0 radical (unpaired) electrons. The molecule has 0 saturated carbocycles. The number of tetrazole rings is 1. The first kappa shape index (κ1) is 33.0. The van der Waals surface area contributed by atoms with Crippen LogP contribution in [0.15, 0.2) is 73.1 Å². The fourth-order valence-corrected chi connectivity index (χ4v) is 5.37. The molecule has 0 spiro atoms. The number of hydrogen-bond acceptors (Lipinski definition) is 10. The highest BCUT2D eigenvalue weighted by Crippen LogP contribution is 2.31. The van der Waals surface area contributed by atoms with E-state index < -0.39 is 6.04 Å². The van der Waals surface area contributed by atoms with E-state index in [4.69, 9.17) is 10.5 Å². The van der Waals surface area contributed by atoms with Crippen LogP contribution in [0.4, 0.5) is 17.1 Å². The number of anilines is 3. The van der Waals surface area contributed by atoms with Crippen molar-refractivity contribution in [3.05, 3.63) is 89.7 Å². The maximum absolute atomic E-state index is 13.7. The number of likely N-dealkylation sites (N-methyl/N-ethyl adjacent to an activating group) is 1. The first-order valence-electron chi connectivity index (χ1n) is 15.3. The second-order valence-electron chi connectivity index (χ2n) is 11.8. The summed E-state index contributed by atoms with van der Waals surface area (Å²) in [7, 11) is 1.98. The van der Waals surface area contributed by atoms with Gasteiger partial charge < -0.3 is 31.1 Å². The summed E-state index contributed by atoms with van der Waals surface area (Å²) in [5, 5.41) is 26.4. The Labute approximate surface area is 272 Å². The van der Waals surface area contributed by atoms with Gasteiger partial charge in [-0.3, -0.25) is 19.3 Å². The molecule has 0 fully saturated rings. The van der Waals surface area contributed by atoms with Gasteiger partial charge in [0.05, 0.1) is 29.6 Å². The molecular weight excluding hydrogens is 602 g/mol. The summed E-state index contributed by atoms with van der Waals surface area (Å²) in [5.41, 5.74) is 9.24. The quantitative estimate of drug-likeness (QED) is 0.178. The van der Waals surface area contributed by atoms with E-state index >= 15 is 0 Å². The van der Waals surface area contributed by atoms with Gasteiger partial charge in [-0.15, -0.1) is 5.10 Å². The van der Waals surface area contributed by atoms with E-state index in [0.29, 0.717) is 48.0 Å². The molecule has 5 rings (SSSR count). The Morgan fingerprint density at radius 3 is 2.60 bits per heavy atom. The van der Waals surface area contributed by atoms with Gasteiger partial charge in [0, 0.05) is 36.8 Å². The molecule has 47 heavy (non-hydrogen) atoms. The first-order chi connectivity index (χ1) is 22.6. The number of fused-ring (bicyclic) bond motifs is 1. The summed E-state index contributed by atoms with van der Waals surface area (Å²) in [6.07, 6.45) is 1.03. The summed E-state index contributed by atoms with van der Waals surface area (Å²) in [6, 6.07) is 19.0. The lowest BCUT2D eigenvalue weighted by Crippen LogP contribution is -2.49. The van der Waals surface area contributed by atoms with Crippen molar-refractivity contribution >= 4 is 34.8 Å². The Kier molecular flexibility index (Phi) is 10.4. The number of ether oxygens (including phenoxy) is 1. The summed E-state index contributed by atoms with van der Waals surface area (Å²) >= 11 is 0. The number of carbonyl (C=O) groups is 3. The predicted octanol–water partition coefficient (Wildman–Crippen LogP) is 2.50.